The Hall–Kier alpha value is -1.23. The number of carbonyl (C=O) groups excluding carboxylic acids is 1. The van der Waals surface area contributed by atoms with Crippen molar-refractivity contribution in [2.75, 3.05) is 7.11 Å². The Labute approximate surface area is 121 Å². The van der Waals surface area contributed by atoms with Crippen LogP contribution in [0.1, 0.15) is 31.9 Å². The number of amides is 1. The summed E-state index contributed by atoms with van der Waals surface area (Å²) in [6.07, 6.45) is -0.290. The lowest BCUT2D eigenvalue weighted by atomic mass is 10.1. The van der Waals surface area contributed by atoms with Crippen molar-refractivity contribution in [3.8, 4) is 5.75 Å². The topological polar surface area (TPSA) is 38.8 Å². The SMILES string of the molecule is COc1cc(Br)cc2c1CN(C(=O)OC(C)(C)C)C2. The van der Waals surface area contributed by atoms with Gasteiger partial charge < -0.3 is 9.47 Å². The van der Waals surface area contributed by atoms with Crippen molar-refractivity contribution in [3.05, 3.63) is 27.7 Å². The third-order valence-corrected chi connectivity index (χ3v) is 3.31. The van der Waals surface area contributed by atoms with Gasteiger partial charge in [0, 0.05) is 16.6 Å². The van der Waals surface area contributed by atoms with Crippen LogP contribution in [-0.2, 0) is 17.8 Å². The summed E-state index contributed by atoms with van der Waals surface area (Å²) in [7, 11) is 1.64. The van der Waals surface area contributed by atoms with Crippen LogP contribution in [0.4, 0.5) is 4.79 Å². The number of hydrogen-bond donors (Lipinski definition) is 0. The summed E-state index contributed by atoms with van der Waals surface area (Å²) < 4.78 is 11.7. The standard InChI is InChI=1S/C14H18BrNO3/c1-14(2,3)19-13(17)16-7-9-5-10(15)6-12(18-4)11(9)8-16/h5-6H,7-8H2,1-4H3. The molecule has 1 heterocycles. The molecular formula is C14H18BrNO3. The molecule has 0 radical (unpaired) electrons. The fraction of sp³-hybridized carbons (Fsp3) is 0.500. The normalized spacial score (nSPS) is 14.3. The maximum Gasteiger partial charge on any atom is 0.410 e. The lowest BCUT2D eigenvalue weighted by molar-refractivity contribution is 0.0241. The Balaban J connectivity index is 2.18. The van der Waals surface area contributed by atoms with Gasteiger partial charge in [0.25, 0.3) is 0 Å². The third-order valence-electron chi connectivity index (χ3n) is 2.85. The second-order valence-corrected chi connectivity index (χ2v) is 6.50. The first-order valence-electron chi connectivity index (χ1n) is 6.13. The Bertz CT molecular complexity index is 508. The van der Waals surface area contributed by atoms with Gasteiger partial charge in [0.2, 0.25) is 0 Å². The van der Waals surface area contributed by atoms with E-state index >= 15 is 0 Å². The number of halogens is 1. The van der Waals surface area contributed by atoms with Gasteiger partial charge in [-0.25, -0.2) is 4.79 Å². The van der Waals surface area contributed by atoms with Crippen LogP contribution < -0.4 is 4.74 Å². The Morgan fingerprint density at radius 1 is 1.32 bits per heavy atom. The van der Waals surface area contributed by atoms with Crippen molar-refractivity contribution >= 4 is 22.0 Å². The van der Waals surface area contributed by atoms with Crippen LogP contribution in [-0.4, -0.2) is 23.7 Å². The summed E-state index contributed by atoms with van der Waals surface area (Å²) in [5.41, 5.74) is 1.67. The number of benzene rings is 1. The van der Waals surface area contributed by atoms with Crippen LogP contribution in [0, 0.1) is 0 Å². The zero-order chi connectivity index (χ0) is 14.2. The Morgan fingerprint density at radius 2 is 2.00 bits per heavy atom. The summed E-state index contributed by atoms with van der Waals surface area (Å²) in [6, 6.07) is 3.93. The van der Waals surface area contributed by atoms with Gasteiger partial charge >= 0.3 is 6.09 Å². The van der Waals surface area contributed by atoms with Crippen LogP contribution in [0.3, 0.4) is 0 Å². The number of ether oxygens (including phenoxy) is 2. The van der Waals surface area contributed by atoms with E-state index in [1.165, 1.54) is 0 Å². The first-order chi connectivity index (χ1) is 8.80. The molecule has 0 aromatic heterocycles. The smallest absolute Gasteiger partial charge is 0.410 e. The summed E-state index contributed by atoms with van der Waals surface area (Å²) in [5, 5.41) is 0. The molecule has 0 spiro atoms. The number of hydrogen-bond acceptors (Lipinski definition) is 3. The van der Waals surface area contributed by atoms with Crippen molar-refractivity contribution in [1.82, 2.24) is 4.90 Å². The summed E-state index contributed by atoms with van der Waals surface area (Å²) in [4.78, 5) is 13.8. The highest BCUT2D eigenvalue weighted by Crippen LogP contribution is 2.34. The van der Waals surface area contributed by atoms with Gasteiger partial charge in [-0.2, -0.15) is 0 Å². The number of rotatable bonds is 1. The van der Waals surface area contributed by atoms with Gasteiger partial charge in [-0.1, -0.05) is 15.9 Å². The molecular weight excluding hydrogens is 310 g/mol. The number of fused-ring (bicyclic) bond motifs is 1. The first kappa shape index (κ1) is 14.2. The highest BCUT2D eigenvalue weighted by molar-refractivity contribution is 9.10. The zero-order valence-corrected chi connectivity index (χ0v) is 13.2. The average Bonchev–Trinajstić information content (AvgIpc) is 2.69. The molecule has 19 heavy (non-hydrogen) atoms. The lowest BCUT2D eigenvalue weighted by Gasteiger charge is -2.24. The molecule has 1 amide bonds. The quantitative estimate of drug-likeness (QED) is 0.789. The molecule has 0 fully saturated rings. The first-order valence-corrected chi connectivity index (χ1v) is 6.92. The van der Waals surface area contributed by atoms with Gasteiger partial charge in [-0.15, -0.1) is 0 Å². The van der Waals surface area contributed by atoms with Gasteiger partial charge in [0.05, 0.1) is 13.7 Å². The monoisotopic (exact) mass is 327 g/mol. The largest absolute Gasteiger partial charge is 0.496 e. The molecule has 0 N–H and O–H groups in total. The second-order valence-electron chi connectivity index (χ2n) is 5.58. The molecule has 104 valence electrons. The van der Waals surface area contributed by atoms with E-state index in [0.717, 1.165) is 21.3 Å². The molecule has 1 aromatic carbocycles. The van der Waals surface area contributed by atoms with Crippen LogP contribution in [0.5, 0.6) is 5.75 Å². The maximum absolute atomic E-state index is 12.1. The van der Waals surface area contributed by atoms with E-state index in [-0.39, 0.29) is 6.09 Å². The van der Waals surface area contributed by atoms with Crippen molar-refractivity contribution < 1.29 is 14.3 Å². The van der Waals surface area contributed by atoms with E-state index in [2.05, 4.69) is 15.9 Å². The molecule has 1 aliphatic rings. The third kappa shape index (κ3) is 3.21. The fourth-order valence-corrected chi connectivity index (χ4v) is 2.56. The Kier molecular flexibility index (Phi) is 3.76. The van der Waals surface area contributed by atoms with E-state index in [1.54, 1.807) is 12.0 Å². The van der Waals surface area contributed by atoms with Gasteiger partial charge in [-0.05, 0) is 38.5 Å². The number of methoxy groups -OCH3 is 1. The molecule has 0 bridgehead atoms. The fourth-order valence-electron chi connectivity index (χ4n) is 2.08. The van der Waals surface area contributed by atoms with E-state index in [0.29, 0.717) is 13.1 Å². The van der Waals surface area contributed by atoms with Crippen molar-refractivity contribution in [2.24, 2.45) is 0 Å². The van der Waals surface area contributed by atoms with Crippen LogP contribution in [0.15, 0.2) is 16.6 Å². The highest BCUT2D eigenvalue weighted by Gasteiger charge is 2.29. The minimum atomic E-state index is -0.476. The van der Waals surface area contributed by atoms with E-state index in [9.17, 15) is 4.79 Å². The molecule has 1 aliphatic heterocycles. The molecule has 0 saturated carbocycles. The zero-order valence-electron chi connectivity index (χ0n) is 11.6. The molecule has 0 atom stereocenters. The highest BCUT2D eigenvalue weighted by atomic mass is 79.9. The second kappa shape index (κ2) is 5.04. The number of nitrogens with zero attached hydrogens (tertiary/aromatic N) is 1. The maximum atomic E-state index is 12.1. The molecule has 2 rings (SSSR count). The van der Waals surface area contributed by atoms with Gasteiger partial charge in [0.15, 0.2) is 0 Å². The predicted molar refractivity (Wildman–Crippen MR) is 76.2 cm³/mol. The van der Waals surface area contributed by atoms with Crippen LogP contribution in [0.2, 0.25) is 0 Å². The predicted octanol–water partition coefficient (Wildman–Crippen LogP) is 3.71. The van der Waals surface area contributed by atoms with Crippen molar-refractivity contribution in [2.45, 2.75) is 39.5 Å². The van der Waals surface area contributed by atoms with Crippen LogP contribution >= 0.6 is 15.9 Å². The van der Waals surface area contributed by atoms with Crippen LogP contribution in [0.25, 0.3) is 0 Å². The van der Waals surface area contributed by atoms with E-state index in [1.807, 2.05) is 32.9 Å². The molecule has 0 aliphatic carbocycles. The van der Waals surface area contributed by atoms with Gasteiger partial charge in [-0.3, -0.25) is 4.90 Å². The molecule has 1 aromatic rings. The minimum Gasteiger partial charge on any atom is -0.496 e. The van der Waals surface area contributed by atoms with Gasteiger partial charge in [0.1, 0.15) is 11.4 Å². The summed E-state index contributed by atoms with van der Waals surface area (Å²) >= 11 is 3.45. The minimum absolute atomic E-state index is 0.290. The Morgan fingerprint density at radius 3 is 2.58 bits per heavy atom. The summed E-state index contributed by atoms with van der Waals surface area (Å²) in [6.45, 7) is 6.68. The van der Waals surface area contributed by atoms with Crippen molar-refractivity contribution in [1.29, 1.82) is 0 Å². The molecule has 5 heteroatoms. The molecule has 0 unspecified atom stereocenters. The van der Waals surface area contributed by atoms with E-state index < -0.39 is 5.60 Å². The van der Waals surface area contributed by atoms with Crippen molar-refractivity contribution in [3.63, 3.8) is 0 Å². The average molecular weight is 328 g/mol. The molecule has 4 nitrogen and oxygen atoms in total. The lowest BCUT2D eigenvalue weighted by Crippen LogP contribution is -2.33. The van der Waals surface area contributed by atoms with E-state index in [4.69, 9.17) is 9.47 Å². The molecule has 0 saturated heterocycles. The summed E-state index contributed by atoms with van der Waals surface area (Å²) in [5.74, 6) is 0.801. The number of carbonyl (C=O) groups is 1.